The number of carbonyl (C=O) groups is 1. The molecular formula is C24H21ClFNO3. The van der Waals surface area contributed by atoms with Crippen molar-refractivity contribution in [1.82, 2.24) is 4.90 Å². The summed E-state index contributed by atoms with van der Waals surface area (Å²) in [7, 11) is 0. The molecule has 0 bridgehead atoms. The Morgan fingerprint density at radius 2 is 1.80 bits per heavy atom. The minimum absolute atomic E-state index is 0.0769. The first-order valence-electron chi connectivity index (χ1n) is 9.70. The van der Waals surface area contributed by atoms with E-state index in [-0.39, 0.29) is 11.7 Å². The van der Waals surface area contributed by atoms with Gasteiger partial charge in [-0.25, -0.2) is 4.39 Å². The molecule has 3 aromatic carbocycles. The molecule has 1 aliphatic rings. The van der Waals surface area contributed by atoms with Gasteiger partial charge in [0.25, 0.3) is 5.91 Å². The number of amides is 1. The molecule has 0 saturated carbocycles. The maximum absolute atomic E-state index is 13.0. The molecule has 30 heavy (non-hydrogen) atoms. The number of nitrogens with zero attached hydrogens (tertiary/aromatic N) is 1. The lowest BCUT2D eigenvalue weighted by atomic mass is 10.1. The van der Waals surface area contributed by atoms with E-state index in [0.29, 0.717) is 43.5 Å². The third-order valence-corrected chi connectivity index (χ3v) is 5.15. The number of hydrogen-bond donors (Lipinski definition) is 0. The molecule has 4 rings (SSSR count). The quantitative estimate of drug-likeness (QED) is 0.561. The highest BCUT2D eigenvalue weighted by atomic mass is 35.5. The van der Waals surface area contributed by atoms with Crippen molar-refractivity contribution in [3.63, 3.8) is 0 Å². The van der Waals surface area contributed by atoms with Crippen molar-refractivity contribution in [3.8, 4) is 5.75 Å². The Labute approximate surface area is 179 Å². The van der Waals surface area contributed by atoms with Crippen molar-refractivity contribution in [1.29, 1.82) is 0 Å². The molecule has 154 valence electrons. The molecule has 0 atom stereocenters. The number of benzene rings is 3. The van der Waals surface area contributed by atoms with E-state index < -0.39 is 0 Å². The van der Waals surface area contributed by atoms with Gasteiger partial charge in [0.1, 0.15) is 18.2 Å². The van der Waals surface area contributed by atoms with Gasteiger partial charge >= 0.3 is 0 Å². The molecule has 0 radical (unpaired) electrons. The first kappa shape index (κ1) is 20.4. The van der Waals surface area contributed by atoms with Gasteiger partial charge in [-0.3, -0.25) is 4.79 Å². The van der Waals surface area contributed by atoms with Crippen LogP contribution >= 0.6 is 11.6 Å². The zero-order valence-electron chi connectivity index (χ0n) is 16.3. The van der Waals surface area contributed by atoms with E-state index in [1.807, 2.05) is 18.2 Å². The molecule has 0 N–H and O–H groups in total. The third-order valence-electron chi connectivity index (χ3n) is 4.91. The average Bonchev–Trinajstić information content (AvgIpc) is 2.97. The van der Waals surface area contributed by atoms with Gasteiger partial charge in [0.2, 0.25) is 0 Å². The summed E-state index contributed by atoms with van der Waals surface area (Å²) in [5.41, 5.74) is 3.39. The van der Waals surface area contributed by atoms with E-state index >= 15 is 0 Å². The SMILES string of the molecule is O=C(c1cccc(Cl)c1)N1CCOc2ccc(COCc3ccc(F)cc3)cc2C1. The third kappa shape index (κ3) is 4.99. The number of rotatable bonds is 5. The zero-order valence-corrected chi connectivity index (χ0v) is 17.1. The van der Waals surface area contributed by atoms with E-state index in [2.05, 4.69) is 0 Å². The van der Waals surface area contributed by atoms with Crippen LogP contribution < -0.4 is 4.74 Å². The van der Waals surface area contributed by atoms with Crippen LogP contribution in [0.15, 0.2) is 66.7 Å². The van der Waals surface area contributed by atoms with Crippen molar-refractivity contribution in [2.24, 2.45) is 0 Å². The Morgan fingerprint density at radius 3 is 2.60 bits per heavy atom. The van der Waals surface area contributed by atoms with Gasteiger partial charge < -0.3 is 14.4 Å². The predicted molar refractivity (Wildman–Crippen MR) is 113 cm³/mol. The molecule has 0 saturated heterocycles. The molecule has 0 unspecified atom stereocenters. The summed E-state index contributed by atoms with van der Waals surface area (Å²) >= 11 is 6.03. The Bertz CT molecular complexity index is 1040. The molecule has 1 heterocycles. The van der Waals surface area contributed by atoms with Crippen molar-refractivity contribution in [2.45, 2.75) is 19.8 Å². The van der Waals surface area contributed by atoms with Gasteiger partial charge in [0.05, 0.1) is 19.8 Å². The summed E-state index contributed by atoms with van der Waals surface area (Å²) < 4.78 is 24.6. The van der Waals surface area contributed by atoms with Crippen molar-refractivity contribution >= 4 is 17.5 Å². The van der Waals surface area contributed by atoms with Gasteiger partial charge in [0, 0.05) is 22.7 Å². The van der Waals surface area contributed by atoms with Crippen LogP contribution in [0.3, 0.4) is 0 Å². The van der Waals surface area contributed by atoms with Crippen molar-refractivity contribution in [3.05, 3.63) is 99.8 Å². The maximum atomic E-state index is 13.0. The lowest BCUT2D eigenvalue weighted by Crippen LogP contribution is -2.32. The minimum atomic E-state index is -0.263. The van der Waals surface area contributed by atoms with Gasteiger partial charge in [-0.2, -0.15) is 0 Å². The smallest absolute Gasteiger partial charge is 0.254 e. The maximum Gasteiger partial charge on any atom is 0.254 e. The fourth-order valence-corrected chi connectivity index (χ4v) is 3.57. The van der Waals surface area contributed by atoms with Gasteiger partial charge in [-0.05, 0) is 53.6 Å². The van der Waals surface area contributed by atoms with E-state index in [1.165, 1.54) is 12.1 Å². The monoisotopic (exact) mass is 425 g/mol. The lowest BCUT2D eigenvalue weighted by Gasteiger charge is -2.20. The Hall–Kier alpha value is -2.89. The van der Waals surface area contributed by atoms with Crippen LogP contribution in [0.2, 0.25) is 5.02 Å². The molecule has 0 fully saturated rings. The highest BCUT2D eigenvalue weighted by Gasteiger charge is 2.21. The number of hydrogen-bond acceptors (Lipinski definition) is 3. The first-order chi connectivity index (χ1) is 14.6. The summed E-state index contributed by atoms with van der Waals surface area (Å²) in [4.78, 5) is 14.7. The fraction of sp³-hybridized carbons (Fsp3) is 0.208. The second-order valence-electron chi connectivity index (χ2n) is 7.15. The van der Waals surface area contributed by atoms with Gasteiger partial charge in [0.15, 0.2) is 0 Å². The molecule has 4 nitrogen and oxygen atoms in total. The van der Waals surface area contributed by atoms with E-state index in [0.717, 1.165) is 22.4 Å². The predicted octanol–water partition coefficient (Wildman–Crippen LogP) is 5.23. The highest BCUT2D eigenvalue weighted by Crippen LogP contribution is 2.26. The van der Waals surface area contributed by atoms with E-state index in [1.54, 1.807) is 41.3 Å². The van der Waals surface area contributed by atoms with Crippen LogP contribution in [-0.4, -0.2) is 24.0 Å². The minimum Gasteiger partial charge on any atom is -0.491 e. The van der Waals surface area contributed by atoms with E-state index in [9.17, 15) is 9.18 Å². The number of halogens is 2. The second kappa shape index (κ2) is 9.28. The summed E-state index contributed by atoms with van der Waals surface area (Å²) in [6.07, 6.45) is 0. The van der Waals surface area contributed by atoms with Gasteiger partial charge in [-0.15, -0.1) is 0 Å². The molecule has 1 amide bonds. The Kier molecular flexibility index (Phi) is 6.31. The molecule has 0 aliphatic carbocycles. The van der Waals surface area contributed by atoms with Crippen LogP contribution in [0.25, 0.3) is 0 Å². The van der Waals surface area contributed by atoms with Crippen LogP contribution in [0, 0.1) is 5.82 Å². The molecule has 6 heteroatoms. The van der Waals surface area contributed by atoms with Crippen LogP contribution in [0.5, 0.6) is 5.75 Å². The van der Waals surface area contributed by atoms with Crippen molar-refractivity contribution < 1.29 is 18.7 Å². The summed E-state index contributed by atoms with van der Waals surface area (Å²) in [6.45, 7) is 2.18. The van der Waals surface area contributed by atoms with Crippen LogP contribution in [-0.2, 0) is 24.5 Å². The normalized spacial score (nSPS) is 13.3. The van der Waals surface area contributed by atoms with Gasteiger partial charge in [-0.1, -0.05) is 35.9 Å². The molecule has 0 spiro atoms. The average molecular weight is 426 g/mol. The number of ether oxygens (including phenoxy) is 2. The Morgan fingerprint density at radius 1 is 1.03 bits per heavy atom. The zero-order chi connectivity index (χ0) is 20.9. The topological polar surface area (TPSA) is 38.8 Å². The summed E-state index contributed by atoms with van der Waals surface area (Å²) in [6, 6.07) is 19.1. The number of carbonyl (C=O) groups excluding carboxylic acids is 1. The molecular weight excluding hydrogens is 405 g/mol. The first-order valence-corrected chi connectivity index (χ1v) is 10.1. The molecule has 1 aliphatic heterocycles. The Balaban J connectivity index is 1.43. The highest BCUT2D eigenvalue weighted by molar-refractivity contribution is 6.30. The summed E-state index contributed by atoms with van der Waals surface area (Å²) in [5.74, 6) is 0.437. The largest absolute Gasteiger partial charge is 0.491 e. The van der Waals surface area contributed by atoms with E-state index in [4.69, 9.17) is 21.1 Å². The fourth-order valence-electron chi connectivity index (χ4n) is 3.38. The van der Waals surface area contributed by atoms with Crippen molar-refractivity contribution in [2.75, 3.05) is 13.2 Å². The summed E-state index contributed by atoms with van der Waals surface area (Å²) in [5, 5.41) is 0.535. The second-order valence-corrected chi connectivity index (χ2v) is 7.58. The standard InChI is InChI=1S/C24H21ClFNO3/c25-21-3-1-2-19(13-21)24(28)27-10-11-30-23-9-6-18(12-20(23)14-27)16-29-15-17-4-7-22(26)8-5-17/h1-9,12-13H,10-11,14-16H2. The van der Waals surface area contributed by atoms with Crippen LogP contribution in [0.4, 0.5) is 4.39 Å². The number of fused-ring (bicyclic) bond motifs is 1. The lowest BCUT2D eigenvalue weighted by molar-refractivity contribution is 0.0733. The molecule has 0 aromatic heterocycles. The molecule has 3 aromatic rings. The van der Waals surface area contributed by atoms with Crippen LogP contribution in [0.1, 0.15) is 27.0 Å².